The van der Waals surface area contributed by atoms with Gasteiger partial charge in [-0.25, -0.2) is 0 Å². The molecule has 3 rings (SSSR count). The van der Waals surface area contributed by atoms with Crippen LogP contribution in [0.1, 0.15) is 69.6 Å². The van der Waals surface area contributed by atoms with Crippen molar-refractivity contribution < 1.29 is 9.47 Å². The van der Waals surface area contributed by atoms with E-state index in [9.17, 15) is 0 Å². The van der Waals surface area contributed by atoms with E-state index in [1.165, 1.54) is 42.4 Å². The molecule has 3 aromatic rings. The fraction of sp³-hybridized carbons (Fsp3) is 0.379. The summed E-state index contributed by atoms with van der Waals surface area (Å²) in [6, 6.07) is 27.0. The van der Waals surface area contributed by atoms with E-state index in [2.05, 4.69) is 57.2 Å². The zero-order valence-electron chi connectivity index (χ0n) is 19.3. The Morgan fingerprint density at radius 3 is 1.65 bits per heavy atom. The molecule has 2 heteroatoms. The van der Waals surface area contributed by atoms with Gasteiger partial charge < -0.3 is 9.47 Å². The third-order valence-corrected chi connectivity index (χ3v) is 5.81. The van der Waals surface area contributed by atoms with E-state index in [0.717, 1.165) is 17.9 Å². The van der Waals surface area contributed by atoms with E-state index in [4.69, 9.17) is 9.47 Å². The van der Waals surface area contributed by atoms with Gasteiger partial charge in [0.15, 0.2) is 0 Å². The minimum atomic E-state index is 0.0741. The average molecular weight is 417 g/mol. The lowest BCUT2D eigenvalue weighted by molar-refractivity contribution is 0.287. The first-order valence-corrected chi connectivity index (χ1v) is 11.6. The molecule has 0 aliphatic heterocycles. The number of ether oxygens (including phenoxy) is 2. The van der Waals surface area contributed by atoms with Crippen LogP contribution in [0.15, 0.2) is 78.9 Å². The smallest absolute Gasteiger partial charge is 0.123 e. The Kier molecular flexibility index (Phi) is 8.58. The molecule has 3 aromatic carbocycles. The van der Waals surface area contributed by atoms with Crippen LogP contribution in [-0.4, -0.2) is 0 Å². The van der Waals surface area contributed by atoms with Crippen molar-refractivity contribution in [3.05, 3.63) is 95.6 Å². The van der Waals surface area contributed by atoms with Crippen molar-refractivity contribution in [3.63, 3.8) is 0 Å². The molecule has 0 spiro atoms. The van der Waals surface area contributed by atoms with Crippen LogP contribution in [0.2, 0.25) is 0 Å². The summed E-state index contributed by atoms with van der Waals surface area (Å²) in [5.74, 6) is 1.73. The van der Waals surface area contributed by atoms with Gasteiger partial charge in [0.2, 0.25) is 0 Å². The summed E-state index contributed by atoms with van der Waals surface area (Å²) in [6.45, 7) is 8.03. The molecule has 0 bridgehead atoms. The Morgan fingerprint density at radius 2 is 1.16 bits per heavy atom. The van der Waals surface area contributed by atoms with Crippen molar-refractivity contribution >= 4 is 0 Å². The largest absolute Gasteiger partial charge is 0.489 e. The van der Waals surface area contributed by atoms with Crippen molar-refractivity contribution in [2.24, 2.45) is 0 Å². The minimum Gasteiger partial charge on any atom is -0.489 e. The number of unbranched alkanes of at least 4 members (excludes halogenated alkanes) is 3. The minimum absolute atomic E-state index is 0.0741. The molecule has 0 heterocycles. The second kappa shape index (κ2) is 11.6. The van der Waals surface area contributed by atoms with Crippen LogP contribution in [0.25, 0.3) is 0 Å². The second-order valence-electron chi connectivity index (χ2n) is 8.94. The van der Waals surface area contributed by atoms with Crippen LogP contribution >= 0.6 is 0 Å². The Bertz CT molecular complexity index is 839. The van der Waals surface area contributed by atoms with E-state index >= 15 is 0 Å². The monoisotopic (exact) mass is 416 g/mol. The maximum atomic E-state index is 6.18. The fourth-order valence-corrected chi connectivity index (χ4v) is 3.75. The van der Waals surface area contributed by atoms with Crippen LogP contribution in [0.5, 0.6) is 11.5 Å². The first-order chi connectivity index (χ1) is 15.1. The Hall–Kier alpha value is -2.74. The third kappa shape index (κ3) is 7.47. The number of rotatable bonds is 12. The Labute approximate surface area is 188 Å². The van der Waals surface area contributed by atoms with Gasteiger partial charge >= 0.3 is 0 Å². The molecule has 0 atom stereocenters. The molecule has 0 fully saturated rings. The van der Waals surface area contributed by atoms with Gasteiger partial charge in [-0.1, -0.05) is 107 Å². The maximum Gasteiger partial charge on any atom is 0.123 e. The third-order valence-electron chi connectivity index (χ3n) is 5.81. The van der Waals surface area contributed by atoms with E-state index in [0.29, 0.717) is 13.2 Å². The molecule has 0 saturated carbocycles. The van der Waals surface area contributed by atoms with Gasteiger partial charge in [0, 0.05) is 6.07 Å². The lowest BCUT2D eigenvalue weighted by Crippen LogP contribution is -2.17. The fourth-order valence-electron chi connectivity index (χ4n) is 3.75. The maximum absolute atomic E-state index is 6.18. The summed E-state index contributed by atoms with van der Waals surface area (Å²) in [4.78, 5) is 0. The topological polar surface area (TPSA) is 18.5 Å². The zero-order chi connectivity index (χ0) is 21.9. The van der Waals surface area contributed by atoms with E-state index in [1.54, 1.807) is 0 Å². The highest BCUT2D eigenvalue weighted by Crippen LogP contribution is 2.35. The summed E-state index contributed by atoms with van der Waals surface area (Å²) in [5, 5.41) is 0. The van der Waals surface area contributed by atoms with Crippen molar-refractivity contribution in [2.75, 3.05) is 0 Å². The Balaban J connectivity index is 1.76. The van der Waals surface area contributed by atoms with Crippen molar-refractivity contribution in [1.29, 1.82) is 0 Å². The van der Waals surface area contributed by atoms with Crippen LogP contribution < -0.4 is 9.47 Å². The SMILES string of the molecule is CCCCCCC(C)(C)c1cc(OCc2ccccc2)cc(OCc2ccccc2)c1. The quantitative estimate of drug-likeness (QED) is 0.278. The first-order valence-electron chi connectivity index (χ1n) is 11.6. The highest BCUT2D eigenvalue weighted by molar-refractivity contribution is 5.42. The molecule has 0 radical (unpaired) electrons. The molecule has 0 aliphatic carbocycles. The highest BCUT2D eigenvalue weighted by Gasteiger charge is 2.22. The molecule has 31 heavy (non-hydrogen) atoms. The van der Waals surface area contributed by atoms with E-state index in [1.807, 2.05) is 42.5 Å². The molecular weight excluding hydrogens is 380 g/mol. The number of hydrogen-bond acceptors (Lipinski definition) is 2. The van der Waals surface area contributed by atoms with Crippen molar-refractivity contribution in [1.82, 2.24) is 0 Å². The van der Waals surface area contributed by atoms with Crippen LogP contribution in [0.3, 0.4) is 0 Å². The van der Waals surface area contributed by atoms with Gasteiger partial charge in [0.1, 0.15) is 24.7 Å². The molecule has 0 N–H and O–H groups in total. The summed E-state index contributed by atoms with van der Waals surface area (Å²) in [6.07, 6.45) is 6.27. The van der Waals surface area contributed by atoms with Gasteiger partial charge in [-0.05, 0) is 40.7 Å². The van der Waals surface area contributed by atoms with Crippen LogP contribution in [0, 0.1) is 0 Å². The van der Waals surface area contributed by atoms with E-state index in [-0.39, 0.29) is 5.41 Å². The summed E-state index contributed by atoms with van der Waals surface area (Å²) in [5.41, 5.74) is 3.68. The Morgan fingerprint density at radius 1 is 0.645 bits per heavy atom. The summed E-state index contributed by atoms with van der Waals surface area (Å²) in [7, 11) is 0. The molecule has 164 valence electrons. The van der Waals surface area contributed by atoms with Gasteiger partial charge in [-0.2, -0.15) is 0 Å². The second-order valence-corrected chi connectivity index (χ2v) is 8.94. The van der Waals surface area contributed by atoms with Crippen molar-refractivity contribution in [3.8, 4) is 11.5 Å². The molecule has 0 unspecified atom stereocenters. The molecule has 2 nitrogen and oxygen atoms in total. The lowest BCUT2D eigenvalue weighted by atomic mass is 9.80. The van der Waals surface area contributed by atoms with Crippen LogP contribution in [0.4, 0.5) is 0 Å². The van der Waals surface area contributed by atoms with Crippen LogP contribution in [-0.2, 0) is 18.6 Å². The number of benzene rings is 3. The van der Waals surface area contributed by atoms with E-state index < -0.39 is 0 Å². The molecule has 0 amide bonds. The summed E-state index contributed by atoms with van der Waals surface area (Å²) < 4.78 is 12.4. The molecular formula is C29H36O2. The summed E-state index contributed by atoms with van der Waals surface area (Å²) >= 11 is 0. The molecule has 0 aliphatic rings. The predicted molar refractivity (Wildman–Crippen MR) is 130 cm³/mol. The predicted octanol–water partition coefficient (Wildman–Crippen LogP) is 8.09. The van der Waals surface area contributed by atoms with Gasteiger partial charge in [0.05, 0.1) is 0 Å². The molecule has 0 saturated heterocycles. The molecule has 0 aromatic heterocycles. The van der Waals surface area contributed by atoms with Gasteiger partial charge in [-0.15, -0.1) is 0 Å². The van der Waals surface area contributed by atoms with Gasteiger partial charge in [0.25, 0.3) is 0 Å². The lowest BCUT2D eigenvalue weighted by Gasteiger charge is -2.27. The normalized spacial score (nSPS) is 11.3. The number of hydrogen-bond donors (Lipinski definition) is 0. The highest BCUT2D eigenvalue weighted by atomic mass is 16.5. The first kappa shape index (κ1) is 22.9. The zero-order valence-corrected chi connectivity index (χ0v) is 19.3. The average Bonchev–Trinajstić information content (AvgIpc) is 2.80. The standard InChI is InChI=1S/C29H36O2/c1-4-5-6-13-18-29(2,3)26-19-27(30-22-24-14-9-7-10-15-24)21-28(20-26)31-23-25-16-11-8-12-17-25/h7-12,14-17,19-21H,4-6,13,18,22-23H2,1-3H3. The van der Waals surface area contributed by atoms with Crippen molar-refractivity contribution in [2.45, 2.75) is 71.5 Å². The van der Waals surface area contributed by atoms with Gasteiger partial charge in [-0.3, -0.25) is 0 Å².